The van der Waals surface area contributed by atoms with Crippen LogP contribution in [0.1, 0.15) is 49.0 Å². The van der Waals surface area contributed by atoms with Crippen molar-refractivity contribution >= 4 is 28.6 Å². The zero-order chi connectivity index (χ0) is 20.8. The highest BCUT2D eigenvalue weighted by Crippen LogP contribution is 2.32. The Balaban J connectivity index is 1.44. The summed E-state index contributed by atoms with van der Waals surface area (Å²) in [5.74, 6) is 1.76. The van der Waals surface area contributed by atoms with Crippen LogP contribution >= 0.6 is 11.8 Å². The summed E-state index contributed by atoms with van der Waals surface area (Å²) in [5, 5.41) is 11.1. The van der Waals surface area contributed by atoms with Gasteiger partial charge in [0.05, 0.1) is 12.2 Å². The lowest BCUT2D eigenvalue weighted by molar-refractivity contribution is 0.0965. The fraction of sp³-hybridized carbons (Fsp3) is 0.391. The number of hydrogen-bond acceptors (Lipinski definition) is 6. The van der Waals surface area contributed by atoms with Gasteiger partial charge in [0.2, 0.25) is 0 Å². The molecule has 154 valence electrons. The number of aromatic nitrogens is 1. The molecule has 0 unspecified atom stereocenters. The average Bonchev–Trinajstić information content (AvgIpc) is 3.10. The van der Waals surface area contributed by atoms with Crippen molar-refractivity contribution in [3.63, 3.8) is 0 Å². The summed E-state index contributed by atoms with van der Waals surface area (Å²) in [6.45, 7) is 6.30. The Morgan fingerprint density at radius 2 is 2.00 bits per heavy atom. The van der Waals surface area contributed by atoms with Crippen molar-refractivity contribution in [1.82, 2.24) is 4.98 Å². The number of phenolic OH excluding ortho intramolecular Hbond substituents is 1. The van der Waals surface area contributed by atoms with Crippen LogP contribution in [-0.2, 0) is 0 Å². The Morgan fingerprint density at radius 1 is 1.21 bits per heavy atom. The van der Waals surface area contributed by atoms with Gasteiger partial charge in [-0.15, -0.1) is 0 Å². The van der Waals surface area contributed by atoms with E-state index < -0.39 is 0 Å². The van der Waals surface area contributed by atoms with Crippen LogP contribution in [0.25, 0.3) is 11.1 Å². The predicted molar refractivity (Wildman–Crippen MR) is 116 cm³/mol. The first-order valence-electron chi connectivity index (χ1n) is 9.92. The maximum absolute atomic E-state index is 12.2. The summed E-state index contributed by atoms with van der Waals surface area (Å²) in [6.07, 6.45) is 2.26. The number of benzene rings is 2. The van der Waals surface area contributed by atoms with Crippen LogP contribution in [0.15, 0.2) is 46.0 Å². The number of thioether (sulfide) groups is 1. The Hall–Kier alpha value is -2.47. The maximum atomic E-state index is 12.2. The molecule has 0 saturated carbocycles. The van der Waals surface area contributed by atoms with E-state index in [0.717, 1.165) is 29.7 Å². The highest BCUT2D eigenvalue weighted by Gasteiger charge is 2.17. The van der Waals surface area contributed by atoms with Crippen molar-refractivity contribution in [2.75, 3.05) is 12.4 Å². The van der Waals surface area contributed by atoms with E-state index in [9.17, 15) is 9.90 Å². The first-order chi connectivity index (χ1) is 14.0. The van der Waals surface area contributed by atoms with E-state index in [2.05, 4.69) is 4.98 Å². The van der Waals surface area contributed by atoms with Gasteiger partial charge in [-0.3, -0.25) is 4.79 Å². The fourth-order valence-electron chi connectivity index (χ4n) is 3.00. The second kappa shape index (κ2) is 9.83. The second-order valence-corrected chi connectivity index (χ2v) is 8.50. The summed E-state index contributed by atoms with van der Waals surface area (Å²) in [7, 11) is 0. The smallest absolute Gasteiger partial charge is 0.256 e. The van der Waals surface area contributed by atoms with Gasteiger partial charge in [-0.25, -0.2) is 4.98 Å². The number of fused-ring (bicyclic) bond motifs is 1. The molecule has 3 rings (SSSR count). The van der Waals surface area contributed by atoms with Gasteiger partial charge in [0.25, 0.3) is 5.22 Å². The Bertz CT molecular complexity index is 947. The van der Waals surface area contributed by atoms with Gasteiger partial charge in [-0.2, -0.15) is 0 Å². The molecular weight excluding hydrogens is 386 g/mol. The van der Waals surface area contributed by atoms with Crippen LogP contribution in [0.4, 0.5) is 0 Å². The van der Waals surface area contributed by atoms with E-state index in [1.165, 1.54) is 0 Å². The van der Waals surface area contributed by atoms with E-state index in [4.69, 9.17) is 9.15 Å². The molecule has 3 aromatic rings. The number of nitrogens with zero attached hydrogens (tertiary/aromatic N) is 1. The van der Waals surface area contributed by atoms with E-state index in [1.54, 1.807) is 30.8 Å². The Labute approximate surface area is 175 Å². The topological polar surface area (TPSA) is 72.6 Å². The quantitative estimate of drug-likeness (QED) is 0.249. The van der Waals surface area contributed by atoms with Crippen LogP contribution < -0.4 is 4.74 Å². The molecule has 0 radical (unpaired) electrons. The van der Waals surface area contributed by atoms with Crippen molar-refractivity contribution in [3.8, 4) is 11.5 Å². The SMILES string of the molecule is Cc1c(OCCCCSc2nc3ccccc3o2)ccc(C(=O)CC(C)C)c1O. The van der Waals surface area contributed by atoms with Gasteiger partial charge in [0.1, 0.15) is 17.0 Å². The maximum Gasteiger partial charge on any atom is 0.256 e. The Kier molecular flexibility index (Phi) is 7.20. The van der Waals surface area contributed by atoms with Crippen LogP contribution in [0, 0.1) is 12.8 Å². The van der Waals surface area contributed by atoms with Gasteiger partial charge in [0, 0.05) is 17.7 Å². The molecule has 0 fully saturated rings. The number of oxazole rings is 1. The molecular formula is C23H27NO4S. The highest BCUT2D eigenvalue weighted by atomic mass is 32.2. The number of aromatic hydroxyl groups is 1. The molecule has 0 aliphatic carbocycles. The van der Waals surface area contributed by atoms with E-state index in [-0.39, 0.29) is 17.5 Å². The van der Waals surface area contributed by atoms with Crippen molar-refractivity contribution in [2.24, 2.45) is 5.92 Å². The molecule has 2 aromatic carbocycles. The number of rotatable bonds is 10. The normalized spacial score (nSPS) is 11.3. The molecule has 1 heterocycles. The fourth-order valence-corrected chi connectivity index (χ4v) is 3.84. The minimum absolute atomic E-state index is 0.0275. The number of para-hydroxylation sites is 2. The number of phenols is 1. The summed E-state index contributed by atoms with van der Waals surface area (Å²) >= 11 is 1.60. The van der Waals surface area contributed by atoms with E-state index >= 15 is 0 Å². The first kappa shape index (κ1) is 21.2. The number of Topliss-reactive ketones (excluding diaryl/α,β-unsaturated/α-hetero) is 1. The molecule has 0 amide bonds. The monoisotopic (exact) mass is 413 g/mol. The van der Waals surface area contributed by atoms with Gasteiger partial charge in [-0.05, 0) is 49.9 Å². The summed E-state index contributed by atoms with van der Waals surface area (Å²) in [5.41, 5.74) is 2.67. The van der Waals surface area contributed by atoms with E-state index in [0.29, 0.717) is 35.1 Å². The van der Waals surface area contributed by atoms with E-state index in [1.807, 2.05) is 38.1 Å². The lowest BCUT2D eigenvalue weighted by Gasteiger charge is -2.13. The van der Waals surface area contributed by atoms with Gasteiger partial charge in [-0.1, -0.05) is 37.7 Å². The predicted octanol–water partition coefficient (Wildman–Crippen LogP) is 6.02. The van der Waals surface area contributed by atoms with Gasteiger partial charge < -0.3 is 14.3 Å². The van der Waals surface area contributed by atoms with Crippen molar-refractivity contribution in [3.05, 3.63) is 47.5 Å². The highest BCUT2D eigenvalue weighted by molar-refractivity contribution is 7.99. The zero-order valence-corrected chi connectivity index (χ0v) is 17.9. The number of ketones is 1. The number of ether oxygens (including phenoxy) is 1. The van der Waals surface area contributed by atoms with Crippen LogP contribution in [-0.4, -0.2) is 28.2 Å². The number of hydrogen-bond donors (Lipinski definition) is 1. The van der Waals surface area contributed by atoms with Crippen LogP contribution in [0.3, 0.4) is 0 Å². The van der Waals surface area contributed by atoms with Crippen LogP contribution in [0.2, 0.25) is 0 Å². The van der Waals surface area contributed by atoms with Gasteiger partial charge in [0.15, 0.2) is 11.4 Å². The largest absolute Gasteiger partial charge is 0.507 e. The minimum atomic E-state index is -0.0385. The molecule has 0 spiro atoms. The summed E-state index contributed by atoms with van der Waals surface area (Å²) in [4.78, 5) is 16.7. The van der Waals surface area contributed by atoms with Crippen molar-refractivity contribution < 1.29 is 19.1 Å². The standard InChI is InChI=1S/C23H27NO4S/c1-15(2)14-19(25)17-10-11-20(16(3)22(17)26)27-12-6-7-13-29-23-24-18-8-4-5-9-21(18)28-23/h4-5,8-11,15,26H,6-7,12-14H2,1-3H3. The Morgan fingerprint density at radius 3 is 2.76 bits per heavy atom. The third-order valence-electron chi connectivity index (χ3n) is 4.57. The number of unbranched alkanes of at least 4 members (excludes halogenated alkanes) is 1. The third kappa shape index (κ3) is 5.54. The second-order valence-electron chi connectivity index (χ2n) is 7.46. The molecule has 29 heavy (non-hydrogen) atoms. The van der Waals surface area contributed by atoms with Crippen LogP contribution in [0.5, 0.6) is 11.5 Å². The van der Waals surface area contributed by atoms with Gasteiger partial charge >= 0.3 is 0 Å². The molecule has 5 nitrogen and oxygen atoms in total. The molecule has 0 bridgehead atoms. The molecule has 0 saturated heterocycles. The lowest BCUT2D eigenvalue weighted by atomic mass is 9.98. The molecule has 1 aromatic heterocycles. The lowest BCUT2D eigenvalue weighted by Crippen LogP contribution is -2.06. The minimum Gasteiger partial charge on any atom is -0.507 e. The molecule has 0 aliphatic rings. The third-order valence-corrected chi connectivity index (χ3v) is 5.49. The summed E-state index contributed by atoms with van der Waals surface area (Å²) < 4.78 is 11.5. The zero-order valence-electron chi connectivity index (χ0n) is 17.1. The molecule has 0 atom stereocenters. The molecule has 6 heteroatoms. The first-order valence-corrected chi connectivity index (χ1v) is 10.9. The molecule has 1 N–H and O–H groups in total. The van der Waals surface area contributed by atoms with Crippen molar-refractivity contribution in [2.45, 2.75) is 45.3 Å². The number of carbonyl (C=O) groups excluding carboxylic acids is 1. The average molecular weight is 414 g/mol. The number of carbonyl (C=O) groups is 1. The van der Waals surface area contributed by atoms with Crippen molar-refractivity contribution in [1.29, 1.82) is 0 Å². The molecule has 0 aliphatic heterocycles. The summed E-state index contributed by atoms with van der Waals surface area (Å²) in [6, 6.07) is 11.2.